The lowest BCUT2D eigenvalue weighted by Gasteiger charge is -2.65. The first kappa shape index (κ1) is 43.5. The van der Waals surface area contributed by atoms with E-state index in [4.69, 9.17) is 38.6 Å². The zero-order valence-electron chi connectivity index (χ0n) is 35.8. The van der Waals surface area contributed by atoms with Gasteiger partial charge in [0, 0.05) is 18.7 Å². The summed E-state index contributed by atoms with van der Waals surface area (Å²) in [4.78, 5) is 60.6. The fourth-order valence-corrected chi connectivity index (χ4v) is 8.55. The average Bonchev–Trinajstić information content (AvgIpc) is 3.36. The number of amides is 4. The number of benzene rings is 1. The maximum Gasteiger partial charge on any atom is 0.438 e. The zero-order valence-corrected chi connectivity index (χ0v) is 35.8. The van der Waals surface area contributed by atoms with E-state index in [-0.39, 0.29) is 11.8 Å². The summed E-state index contributed by atoms with van der Waals surface area (Å²) in [5.41, 5.74) is -3.57. The number of hydrogen-bond acceptors (Lipinski definition) is 13. The second-order valence-corrected chi connectivity index (χ2v) is 19.0. The Morgan fingerprint density at radius 2 is 1.44 bits per heavy atom. The highest BCUT2D eigenvalue weighted by Crippen LogP contribution is 2.67. The molecule has 1 spiro atoms. The molecule has 0 unspecified atom stereocenters. The largest absolute Gasteiger partial charge is 0.483 e. The van der Waals surface area contributed by atoms with Gasteiger partial charge in [0.25, 0.3) is 0 Å². The number of alkyl carbamates (subject to hydrolysis) is 2. The molecule has 1 saturated carbocycles. The number of ether oxygens (including phenoxy) is 7. The number of likely N-dealkylation sites (tertiary alicyclic amines) is 1. The average molecular weight is 801 g/mol. The standard InChI is InChI=1S/C40H60N6O11/c1-35(2,3)54-31(47)42-29(41)46(34(50)57-38(10,11)12)23-17-18-40(51-14)25-21-22-15-16-24(27-26(22)39(40,28(23)53-27)19-20-45(25)13)52-30(43-32(48)55-36(4,5)6)44-33(49)56-37(7,8)9/h15-16,23,25,28H,17-21H2,1-14H3,(H2,41,42,47)(H,43,44,48,49)/t23-,25+,28-,39-,40+/m0/s1. The van der Waals surface area contributed by atoms with Gasteiger partial charge in [-0.15, -0.1) is 4.99 Å². The van der Waals surface area contributed by atoms with Gasteiger partial charge >= 0.3 is 30.4 Å². The minimum absolute atomic E-state index is 0.0824. The molecule has 2 fully saturated rings. The van der Waals surface area contributed by atoms with E-state index in [1.165, 1.54) is 0 Å². The third-order valence-electron chi connectivity index (χ3n) is 10.2. The molecule has 2 aliphatic carbocycles. The van der Waals surface area contributed by atoms with Crippen LogP contribution in [0.2, 0.25) is 0 Å². The molecular formula is C40H60N6O11. The van der Waals surface area contributed by atoms with Gasteiger partial charge in [0.1, 0.15) is 28.5 Å². The van der Waals surface area contributed by atoms with E-state index in [9.17, 15) is 19.2 Å². The van der Waals surface area contributed by atoms with Crippen LogP contribution in [0.5, 0.6) is 11.5 Å². The van der Waals surface area contributed by atoms with Crippen molar-refractivity contribution in [2.45, 2.75) is 160 Å². The van der Waals surface area contributed by atoms with Gasteiger partial charge in [-0.1, -0.05) is 6.07 Å². The van der Waals surface area contributed by atoms with E-state index in [1.54, 1.807) is 96.3 Å². The summed E-state index contributed by atoms with van der Waals surface area (Å²) in [6, 6.07) is 2.12. The molecule has 5 rings (SSSR count). The van der Waals surface area contributed by atoms with Crippen molar-refractivity contribution in [2.75, 3.05) is 20.7 Å². The number of carbonyl (C=O) groups is 4. The topological polar surface area (TPSA) is 200 Å². The lowest BCUT2D eigenvalue weighted by atomic mass is 9.48. The van der Waals surface area contributed by atoms with Crippen LogP contribution in [-0.4, -0.2) is 113 Å². The quantitative estimate of drug-likeness (QED) is 0.173. The maximum absolute atomic E-state index is 14.2. The Bertz CT molecular complexity index is 1820. The van der Waals surface area contributed by atoms with Crippen molar-refractivity contribution in [2.24, 2.45) is 4.99 Å². The van der Waals surface area contributed by atoms with E-state index < -0.39 is 81.9 Å². The molecule has 1 aromatic rings. The summed E-state index contributed by atoms with van der Waals surface area (Å²) in [6.45, 7) is 21.0. The Kier molecular flexibility index (Phi) is 11.4. The molecule has 4 aliphatic rings. The molecule has 17 nitrogen and oxygen atoms in total. The Labute approximate surface area is 334 Å². The van der Waals surface area contributed by atoms with Crippen molar-refractivity contribution in [1.29, 1.82) is 5.41 Å². The summed E-state index contributed by atoms with van der Waals surface area (Å²) >= 11 is 0. The summed E-state index contributed by atoms with van der Waals surface area (Å²) in [7, 11) is 3.75. The number of aliphatic imine (C=N–C) groups is 1. The molecule has 0 radical (unpaired) electrons. The normalized spacial score (nSPS) is 25.6. The van der Waals surface area contributed by atoms with E-state index in [2.05, 4.69) is 27.6 Å². The van der Waals surface area contributed by atoms with Crippen LogP contribution in [0.15, 0.2) is 17.1 Å². The van der Waals surface area contributed by atoms with Gasteiger partial charge in [-0.3, -0.25) is 10.7 Å². The summed E-state index contributed by atoms with van der Waals surface area (Å²) in [5, 5.41) is 14.0. The van der Waals surface area contributed by atoms with Crippen molar-refractivity contribution in [3.63, 3.8) is 0 Å². The predicted molar refractivity (Wildman–Crippen MR) is 209 cm³/mol. The van der Waals surface area contributed by atoms with Gasteiger partial charge in [0.05, 0.1) is 17.1 Å². The summed E-state index contributed by atoms with van der Waals surface area (Å²) in [6.07, 6.45) is -2.69. The smallest absolute Gasteiger partial charge is 0.438 e. The van der Waals surface area contributed by atoms with Gasteiger partial charge < -0.3 is 38.1 Å². The minimum atomic E-state index is -1.02. The highest BCUT2D eigenvalue weighted by molar-refractivity contribution is 6.00. The lowest BCUT2D eigenvalue weighted by Crippen LogP contribution is -2.79. The van der Waals surface area contributed by atoms with Crippen LogP contribution in [-0.2, 0) is 35.5 Å². The first-order chi connectivity index (χ1) is 26.1. The molecule has 3 N–H and O–H groups in total. The van der Waals surface area contributed by atoms with Gasteiger partial charge in [0.15, 0.2) is 11.5 Å². The van der Waals surface area contributed by atoms with Crippen molar-refractivity contribution in [3.8, 4) is 11.5 Å². The molecule has 2 heterocycles. The monoisotopic (exact) mass is 800 g/mol. The molecule has 57 heavy (non-hydrogen) atoms. The second kappa shape index (κ2) is 14.9. The molecule has 17 heteroatoms. The molecule has 1 saturated heterocycles. The number of hydrogen-bond donors (Lipinski definition) is 3. The van der Waals surface area contributed by atoms with E-state index in [0.29, 0.717) is 38.0 Å². The number of methoxy groups -OCH3 is 1. The molecule has 5 atom stereocenters. The molecule has 1 aromatic carbocycles. The van der Waals surface area contributed by atoms with Gasteiger partial charge in [-0.25, -0.2) is 29.4 Å². The van der Waals surface area contributed by atoms with E-state index in [1.807, 2.05) is 6.07 Å². The minimum Gasteiger partial charge on any atom is -0.483 e. The second-order valence-electron chi connectivity index (χ2n) is 19.0. The molecular weight excluding hydrogens is 740 g/mol. The predicted octanol–water partition coefficient (Wildman–Crippen LogP) is 6.38. The van der Waals surface area contributed by atoms with E-state index in [0.717, 1.165) is 16.0 Å². The summed E-state index contributed by atoms with van der Waals surface area (Å²) < 4.78 is 42.1. The Balaban J connectivity index is 1.65. The number of piperidine rings is 1. The molecule has 2 bridgehead atoms. The fraction of sp³-hybridized carbons (Fsp3) is 0.700. The lowest BCUT2D eigenvalue weighted by molar-refractivity contribution is -0.207. The SMILES string of the molecule is CO[C@@]12CC[C@H](N(C(=N)NC(=O)OC(C)(C)C)C(=O)OC(C)(C)C)[C@@H]3Oc4c(OC(=NC(=O)OC(C)(C)C)NC(=O)OC(C)(C)C)ccc5c4[C@@]31CCN(C)[C@@H]2C5. The van der Waals surface area contributed by atoms with Gasteiger partial charge in [-0.2, -0.15) is 0 Å². The van der Waals surface area contributed by atoms with Crippen molar-refractivity contribution in [3.05, 3.63) is 23.3 Å². The number of carbonyl (C=O) groups excluding carboxylic acids is 4. The zero-order chi connectivity index (χ0) is 42.7. The van der Waals surface area contributed by atoms with Crippen LogP contribution in [0.4, 0.5) is 19.2 Å². The first-order valence-corrected chi connectivity index (χ1v) is 19.3. The van der Waals surface area contributed by atoms with Crippen LogP contribution < -0.4 is 20.1 Å². The van der Waals surface area contributed by atoms with Gasteiger partial charge in [0.2, 0.25) is 5.96 Å². The molecule has 2 aliphatic heterocycles. The van der Waals surface area contributed by atoms with Crippen LogP contribution >= 0.6 is 0 Å². The molecule has 316 valence electrons. The number of rotatable bonds is 3. The molecule has 4 amide bonds. The van der Waals surface area contributed by atoms with E-state index >= 15 is 0 Å². The van der Waals surface area contributed by atoms with Crippen molar-refractivity contribution >= 4 is 36.4 Å². The Morgan fingerprint density at radius 3 is 2.00 bits per heavy atom. The van der Waals surface area contributed by atoms with Crippen LogP contribution in [0.1, 0.15) is 113 Å². The third-order valence-corrected chi connectivity index (χ3v) is 10.2. The highest BCUT2D eigenvalue weighted by Gasteiger charge is 2.74. The number of likely N-dealkylation sites (N-methyl/N-ethyl adjacent to an activating group) is 1. The summed E-state index contributed by atoms with van der Waals surface area (Å²) in [5.74, 6) is -0.134. The number of amidine groups is 1. The van der Waals surface area contributed by atoms with Crippen LogP contribution in [0.3, 0.4) is 0 Å². The van der Waals surface area contributed by atoms with Crippen LogP contribution in [0, 0.1) is 5.41 Å². The third kappa shape index (κ3) is 8.93. The first-order valence-electron chi connectivity index (χ1n) is 19.3. The Hall–Kier alpha value is -4.64. The van der Waals surface area contributed by atoms with Crippen LogP contribution in [0.25, 0.3) is 0 Å². The maximum atomic E-state index is 14.2. The molecule has 0 aromatic heterocycles. The fourth-order valence-electron chi connectivity index (χ4n) is 8.55. The van der Waals surface area contributed by atoms with Crippen molar-refractivity contribution in [1.82, 2.24) is 20.4 Å². The number of guanidine groups is 1. The van der Waals surface area contributed by atoms with Gasteiger partial charge in [-0.05, 0) is 134 Å². The van der Waals surface area contributed by atoms with Crippen molar-refractivity contribution < 1.29 is 52.3 Å². The highest BCUT2D eigenvalue weighted by atomic mass is 16.6. The number of nitrogens with zero attached hydrogens (tertiary/aromatic N) is 3. The number of nitrogens with one attached hydrogen (secondary N) is 3. The Morgan fingerprint density at radius 1 is 0.860 bits per heavy atom.